The van der Waals surface area contributed by atoms with E-state index in [9.17, 15) is 0 Å². The molecule has 0 radical (unpaired) electrons. The smallest absolute Gasteiger partial charge is 0.0700 e. The van der Waals surface area contributed by atoms with Crippen molar-refractivity contribution in [3.63, 3.8) is 0 Å². The maximum absolute atomic E-state index is 6.46. The molecule has 1 heterocycles. The molecule has 2 atom stereocenters. The zero-order valence-electron chi connectivity index (χ0n) is 11.8. The zero-order valence-corrected chi connectivity index (χ0v) is 13.4. The lowest BCUT2D eigenvalue weighted by atomic mass is 9.92. The standard InChI is InChI=1S/C15H20BrN3O/c1-11(12-6-4-3-5-7-12)14(17)15-13(16)10-18-19(15)8-9-20-2/h3-7,10-11,14H,8-9,17H2,1-2H3. The average Bonchev–Trinajstić information content (AvgIpc) is 2.85. The number of nitrogens with two attached hydrogens (primary N) is 1. The van der Waals surface area contributed by atoms with E-state index < -0.39 is 0 Å². The normalized spacial score (nSPS) is 14.2. The van der Waals surface area contributed by atoms with E-state index in [-0.39, 0.29) is 12.0 Å². The summed E-state index contributed by atoms with van der Waals surface area (Å²) in [5.41, 5.74) is 8.70. The van der Waals surface area contributed by atoms with Gasteiger partial charge in [-0.25, -0.2) is 0 Å². The number of nitrogens with zero attached hydrogens (tertiary/aromatic N) is 2. The summed E-state index contributed by atoms with van der Waals surface area (Å²) in [5, 5.41) is 4.36. The molecule has 2 unspecified atom stereocenters. The number of ether oxygens (including phenoxy) is 1. The van der Waals surface area contributed by atoms with Gasteiger partial charge in [0.25, 0.3) is 0 Å². The van der Waals surface area contributed by atoms with Crippen LogP contribution in [-0.2, 0) is 11.3 Å². The number of methoxy groups -OCH3 is 1. The highest BCUT2D eigenvalue weighted by Crippen LogP contribution is 2.32. The fourth-order valence-corrected chi connectivity index (χ4v) is 2.82. The van der Waals surface area contributed by atoms with E-state index in [1.165, 1.54) is 5.56 Å². The van der Waals surface area contributed by atoms with Crippen LogP contribution in [0.5, 0.6) is 0 Å². The van der Waals surface area contributed by atoms with E-state index in [0.717, 1.165) is 10.2 Å². The van der Waals surface area contributed by atoms with Gasteiger partial charge in [-0.15, -0.1) is 0 Å². The van der Waals surface area contributed by atoms with Crippen LogP contribution in [0.1, 0.15) is 30.1 Å². The monoisotopic (exact) mass is 337 g/mol. The summed E-state index contributed by atoms with van der Waals surface area (Å²) in [6, 6.07) is 10.2. The molecule has 20 heavy (non-hydrogen) atoms. The summed E-state index contributed by atoms with van der Waals surface area (Å²) in [5.74, 6) is 0.213. The third kappa shape index (κ3) is 3.29. The van der Waals surface area contributed by atoms with Crippen LogP contribution in [0.25, 0.3) is 0 Å². The summed E-state index contributed by atoms with van der Waals surface area (Å²) in [4.78, 5) is 0. The van der Waals surface area contributed by atoms with Gasteiger partial charge in [-0.1, -0.05) is 37.3 Å². The minimum absolute atomic E-state index is 0.119. The molecular formula is C15H20BrN3O. The van der Waals surface area contributed by atoms with Crippen molar-refractivity contribution in [1.82, 2.24) is 9.78 Å². The molecule has 108 valence electrons. The number of benzene rings is 1. The topological polar surface area (TPSA) is 53.1 Å². The summed E-state index contributed by atoms with van der Waals surface area (Å²) < 4.78 is 7.98. The number of halogens is 1. The van der Waals surface area contributed by atoms with Gasteiger partial charge in [-0.05, 0) is 21.5 Å². The molecule has 0 spiro atoms. The van der Waals surface area contributed by atoms with Crippen molar-refractivity contribution in [2.45, 2.75) is 25.4 Å². The van der Waals surface area contributed by atoms with Gasteiger partial charge in [0, 0.05) is 13.0 Å². The first-order valence-electron chi connectivity index (χ1n) is 6.65. The van der Waals surface area contributed by atoms with Crippen LogP contribution in [0.3, 0.4) is 0 Å². The summed E-state index contributed by atoms with van der Waals surface area (Å²) in [6.07, 6.45) is 1.79. The van der Waals surface area contributed by atoms with Crippen LogP contribution in [-0.4, -0.2) is 23.5 Å². The highest BCUT2D eigenvalue weighted by Gasteiger charge is 2.23. The Balaban J connectivity index is 2.24. The molecule has 0 amide bonds. The fourth-order valence-electron chi connectivity index (χ4n) is 2.26. The third-order valence-corrected chi connectivity index (χ3v) is 4.13. The Labute approximate surface area is 128 Å². The largest absolute Gasteiger partial charge is 0.383 e. The van der Waals surface area contributed by atoms with Gasteiger partial charge in [0.2, 0.25) is 0 Å². The molecule has 0 aliphatic heterocycles. The summed E-state index contributed by atoms with van der Waals surface area (Å²) in [7, 11) is 1.69. The highest BCUT2D eigenvalue weighted by molar-refractivity contribution is 9.10. The van der Waals surface area contributed by atoms with Gasteiger partial charge in [-0.2, -0.15) is 5.10 Å². The van der Waals surface area contributed by atoms with Gasteiger partial charge in [0.1, 0.15) is 0 Å². The Morgan fingerprint density at radius 1 is 1.35 bits per heavy atom. The quantitative estimate of drug-likeness (QED) is 0.881. The molecule has 0 bridgehead atoms. The molecule has 0 saturated heterocycles. The molecule has 1 aromatic heterocycles. The minimum Gasteiger partial charge on any atom is -0.383 e. The minimum atomic E-state index is -0.119. The third-order valence-electron chi connectivity index (χ3n) is 3.52. The lowest BCUT2D eigenvalue weighted by Gasteiger charge is -2.22. The van der Waals surface area contributed by atoms with Gasteiger partial charge in [0.05, 0.1) is 35.6 Å². The molecule has 0 saturated carbocycles. The van der Waals surface area contributed by atoms with E-state index in [2.05, 4.69) is 40.1 Å². The van der Waals surface area contributed by atoms with E-state index in [4.69, 9.17) is 10.5 Å². The summed E-state index contributed by atoms with van der Waals surface area (Å²) >= 11 is 3.55. The van der Waals surface area contributed by atoms with Crippen molar-refractivity contribution in [2.75, 3.05) is 13.7 Å². The van der Waals surface area contributed by atoms with Crippen LogP contribution >= 0.6 is 15.9 Å². The number of hydrogen-bond acceptors (Lipinski definition) is 3. The molecule has 1 aromatic carbocycles. The molecule has 5 heteroatoms. The van der Waals surface area contributed by atoms with Crippen LogP contribution in [0.2, 0.25) is 0 Å². The van der Waals surface area contributed by atoms with Crippen molar-refractivity contribution in [3.05, 3.63) is 52.3 Å². The molecule has 0 aliphatic carbocycles. The van der Waals surface area contributed by atoms with Crippen LogP contribution in [0, 0.1) is 0 Å². The molecule has 2 aromatic rings. The summed E-state index contributed by atoms with van der Waals surface area (Å²) in [6.45, 7) is 3.46. The first kappa shape index (κ1) is 15.2. The maximum atomic E-state index is 6.46. The van der Waals surface area contributed by atoms with Crippen molar-refractivity contribution >= 4 is 15.9 Å². The average molecular weight is 338 g/mol. The maximum Gasteiger partial charge on any atom is 0.0700 e. The second-order valence-electron chi connectivity index (χ2n) is 4.82. The van der Waals surface area contributed by atoms with Crippen molar-refractivity contribution < 1.29 is 4.74 Å². The van der Waals surface area contributed by atoms with E-state index in [0.29, 0.717) is 13.2 Å². The predicted octanol–water partition coefficient (Wildman–Crippen LogP) is 3.10. The van der Waals surface area contributed by atoms with Crippen molar-refractivity contribution in [3.8, 4) is 0 Å². The van der Waals surface area contributed by atoms with Crippen LogP contribution in [0.15, 0.2) is 41.0 Å². The molecule has 2 rings (SSSR count). The first-order valence-corrected chi connectivity index (χ1v) is 7.45. The Morgan fingerprint density at radius 2 is 2.05 bits per heavy atom. The van der Waals surface area contributed by atoms with E-state index in [1.54, 1.807) is 13.3 Å². The Bertz CT molecular complexity index is 541. The van der Waals surface area contributed by atoms with Crippen LogP contribution < -0.4 is 5.73 Å². The Kier molecular flexibility index (Phi) is 5.34. The highest BCUT2D eigenvalue weighted by atomic mass is 79.9. The second kappa shape index (κ2) is 7.02. The predicted molar refractivity (Wildman–Crippen MR) is 83.6 cm³/mol. The Morgan fingerprint density at radius 3 is 2.70 bits per heavy atom. The lowest BCUT2D eigenvalue weighted by molar-refractivity contribution is 0.181. The zero-order chi connectivity index (χ0) is 14.5. The van der Waals surface area contributed by atoms with Crippen molar-refractivity contribution in [2.24, 2.45) is 5.73 Å². The second-order valence-corrected chi connectivity index (χ2v) is 5.67. The molecule has 0 fully saturated rings. The fraction of sp³-hybridized carbons (Fsp3) is 0.400. The van der Waals surface area contributed by atoms with E-state index >= 15 is 0 Å². The SMILES string of the molecule is COCCn1ncc(Br)c1C(N)C(C)c1ccccc1. The Hall–Kier alpha value is -1.17. The number of aromatic nitrogens is 2. The van der Waals surface area contributed by atoms with Gasteiger partial charge >= 0.3 is 0 Å². The van der Waals surface area contributed by atoms with Gasteiger partial charge in [0.15, 0.2) is 0 Å². The van der Waals surface area contributed by atoms with Crippen LogP contribution in [0.4, 0.5) is 0 Å². The number of rotatable bonds is 6. The van der Waals surface area contributed by atoms with Crippen molar-refractivity contribution in [1.29, 1.82) is 0 Å². The lowest BCUT2D eigenvalue weighted by Crippen LogP contribution is -2.23. The first-order chi connectivity index (χ1) is 9.65. The molecule has 2 N–H and O–H groups in total. The van der Waals surface area contributed by atoms with Gasteiger partial charge < -0.3 is 10.5 Å². The molecule has 4 nitrogen and oxygen atoms in total. The number of hydrogen-bond donors (Lipinski definition) is 1. The molecule has 0 aliphatic rings. The van der Waals surface area contributed by atoms with E-state index in [1.807, 2.05) is 22.9 Å². The molecular weight excluding hydrogens is 318 g/mol. The van der Waals surface area contributed by atoms with Gasteiger partial charge in [-0.3, -0.25) is 4.68 Å².